The maximum Gasteiger partial charge on any atom is 0.408 e. The number of benzene rings is 1. The van der Waals surface area contributed by atoms with Gasteiger partial charge in [0.1, 0.15) is 11.9 Å². The van der Waals surface area contributed by atoms with E-state index in [9.17, 15) is 18.0 Å². The fourth-order valence-corrected chi connectivity index (χ4v) is 2.30. The first-order chi connectivity index (χ1) is 8.95. The number of hydrogen-bond donors (Lipinski definition) is 1. The van der Waals surface area contributed by atoms with Crippen LogP contribution in [0.15, 0.2) is 12.1 Å². The van der Waals surface area contributed by atoms with Crippen molar-refractivity contribution in [1.29, 1.82) is 5.26 Å². The number of halogens is 3. The van der Waals surface area contributed by atoms with Crippen molar-refractivity contribution in [1.82, 2.24) is 4.90 Å². The van der Waals surface area contributed by atoms with Crippen molar-refractivity contribution in [3.63, 3.8) is 0 Å². The highest BCUT2D eigenvalue weighted by Gasteiger charge is 2.38. The molecule has 0 radical (unpaired) electrons. The van der Waals surface area contributed by atoms with Crippen molar-refractivity contribution < 1.29 is 23.1 Å². The average Bonchev–Trinajstić information content (AvgIpc) is 2.78. The second-order valence-electron chi connectivity index (χ2n) is 4.27. The Morgan fingerprint density at radius 2 is 2.00 bits per heavy atom. The number of nitrogens with zero attached hydrogens (tertiary/aromatic N) is 2. The van der Waals surface area contributed by atoms with Crippen LogP contribution in [0.1, 0.15) is 17.9 Å². The topological polar surface area (TPSA) is 64.3 Å². The Kier molecular flexibility index (Phi) is 3.34. The summed E-state index contributed by atoms with van der Waals surface area (Å²) < 4.78 is 40.3. The number of carboxylic acid groups (broad SMARTS) is 1. The van der Waals surface area contributed by atoms with E-state index in [-0.39, 0.29) is 13.0 Å². The molecular formula is C12H9F3N2O2. The number of hydrogen-bond acceptors (Lipinski definition) is 2. The third-order valence-corrected chi connectivity index (χ3v) is 3.18. The van der Waals surface area contributed by atoms with E-state index in [4.69, 9.17) is 10.4 Å². The Morgan fingerprint density at radius 1 is 1.37 bits per heavy atom. The molecule has 0 saturated carbocycles. The number of rotatable bonds is 1. The molecule has 1 aromatic carbocycles. The van der Waals surface area contributed by atoms with Gasteiger partial charge in [0.05, 0.1) is 6.07 Å². The van der Waals surface area contributed by atoms with Gasteiger partial charge in [-0.25, -0.2) is 18.0 Å². The normalized spacial score (nSPS) is 22.3. The number of carbonyl (C=O) groups is 1. The molecule has 100 valence electrons. The Labute approximate surface area is 106 Å². The van der Waals surface area contributed by atoms with Crippen LogP contribution in [0.4, 0.5) is 18.0 Å². The molecule has 1 fully saturated rings. The number of amides is 1. The summed E-state index contributed by atoms with van der Waals surface area (Å²) in [6, 6.07) is 2.23. The standard InChI is InChI=1S/C12H9F3N2O2/c13-8-1-2-9(14)11(15)10(8)6-3-7(4-16)17(5-6)12(18)19/h1-2,6-7H,3,5H2,(H,18,19). The van der Waals surface area contributed by atoms with Gasteiger partial charge >= 0.3 is 6.09 Å². The van der Waals surface area contributed by atoms with Gasteiger partial charge in [-0.05, 0) is 18.6 Å². The maximum atomic E-state index is 13.6. The van der Waals surface area contributed by atoms with Crippen LogP contribution in [-0.4, -0.2) is 28.7 Å². The zero-order valence-electron chi connectivity index (χ0n) is 9.61. The first-order valence-electron chi connectivity index (χ1n) is 5.48. The summed E-state index contributed by atoms with van der Waals surface area (Å²) in [5, 5.41) is 17.7. The van der Waals surface area contributed by atoms with Crippen LogP contribution in [0, 0.1) is 28.8 Å². The molecule has 2 unspecified atom stereocenters. The molecule has 1 amide bonds. The molecule has 0 bridgehead atoms. The molecule has 19 heavy (non-hydrogen) atoms. The molecule has 1 N–H and O–H groups in total. The Balaban J connectivity index is 2.38. The van der Waals surface area contributed by atoms with Crippen LogP contribution in [-0.2, 0) is 0 Å². The predicted molar refractivity (Wildman–Crippen MR) is 57.8 cm³/mol. The van der Waals surface area contributed by atoms with Crippen molar-refractivity contribution in [2.24, 2.45) is 0 Å². The van der Waals surface area contributed by atoms with E-state index in [1.165, 1.54) is 0 Å². The van der Waals surface area contributed by atoms with E-state index in [0.29, 0.717) is 6.07 Å². The molecular weight excluding hydrogens is 261 g/mol. The summed E-state index contributed by atoms with van der Waals surface area (Å²) in [6.07, 6.45) is -1.40. The molecule has 2 atom stereocenters. The second-order valence-corrected chi connectivity index (χ2v) is 4.27. The van der Waals surface area contributed by atoms with Gasteiger partial charge in [-0.15, -0.1) is 0 Å². The second kappa shape index (κ2) is 4.80. The van der Waals surface area contributed by atoms with Crippen LogP contribution >= 0.6 is 0 Å². The Bertz CT molecular complexity index is 571. The summed E-state index contributed by atoms with van der Waals surface area (Å²) in [5.74, 6) is -4.32. The summed E-state index contributed by atoms with van der Waals surface area (Å²) in [7, 11) is 0. The van der Waals surface area contributed by atoms with Gasteiger partial charge in [0.2, 0.25) is 0 Å². The summed E-state index contributed by atoms with van der Waals surface area (Å²) in [5.41, 5.74) is -0.496. The lowest BCUT2D eigenvalue weighted by Gasteiger charge is -2.15. The zero-order chi connectivity index (χ0) is 14.2. The lowest BCUT2D eigenvalue weighted by atomic mass is 9.95. The SMILES string of the molecule is N#CC1CC(c2c(F)ccc(F)c2F)CN1C(=O)O. The summed E-state index contributed by atoms with van der Waals surface area (Å²) >= 11 is 0. The van der Waals surface area contributed by atoms with Crippen molar-refractivity contribution in [3.05, 3.63) is 35.1 Å². The molecule has 1 aromatic rings. The highest BCUT2D eigenvalue weighted by atomic mass is 19.2. The van der Waals surface area contributed by atoms with E-state index >= 15 is 0 Å². The molecule has 1 heterocycles. The smallest absolute Gasteiger partial charge is 0.408 e. The monoisotopic (exact) mass is 270 g/mol. The van der Waals surface area contributed by atoms with Gasteiger partial charge in [0, 0.05) is 18.0 Å². The molecule has 1 aliphatic heterocycles. The van der Waals surface area contributed by atoms with Crippen LogP contribution in [0.3, 0.4) is 0 Å². The first-order valence-corrected chi connectivity index (χ1v) is 5.48. The lowest BCUT2D eigenvalue weighted by Crippen LogP contribution is -2.33. The largest absolute Gasteiger partial charge is 0.465 e. The minimum Gasteiger partial charge on any atom is -0.465 e. The quantitative estimate of drug-likeness (QED) is 0.797. The van der Waals surface area contributed by atoms with Gasteiger partial charge in [-0.1, -0.05) is 0 Å². The molecule has 1 saturated heterocycles. The molecule has 0 aromatic heterocycles. The molecule has 2 rings (SSSR count). The van der Waals surface area contributed by atoms with Gasteiger partial charge in [0.25, 0.3) is 0 Å². The number of likely N-dealkylation sites (tertiary alicyclic amines) is 1. The fraction of sp³-hybridized carbons (Fsp3) is 0.333. The highest BCUT2D eigenvalue weighted by molar-refractivity contribution is 5.66. The third-order valence-electron chi connectivity index (χ3n) is 3.18. The van der Waals surface area contributed by atoms with E-state index < -0.39 is 41.1 Å². The average molecular weight is 270 g/mol. The van der Waals surface area contributed by atoms with Crippen molar-refractivity contribution >= 4 is 6.09 Å². The predicted octanol–water partition coefficient (Wildman–Crippen LogP) is 2.46. The van der Waals surface area contributed by atoms with Crippen LogP contribution < -0.4 is 0 Å². The molecule has 0 aliphatic carbocycles. The van der Waals surface area contributed by atoms with E-state index in [0.717, 1.165) is 11.0 Å². The van der Waals surface area contributed by atoms with Gasteiger partial charge in [0.15, 0.2) is 11.6 Å². The number of nitriles is 1. The minimum absolute atomic E-state index is 0.0555. The molecule has 7 heteroatoms. The molecule has 0 spiro atoms. The maximum absolute atomic E-state index is 13.6. The van der Waals surface area contributed by atoms with Crippen molar-refractivity contribution in [2.45, 2.75) is 18.4 Å². The Hall–Kier alpha value is -2.23. The zero-order valence-corrected chi connectivity index (χ0v) is 9.61. The Morgan fingerprint density at radius 3 is 2.53 bits per heavy atom. The molecule has 1 aliphatic rings. The summed E-state index contributed by atoms with van der Waals surface area (Å²) in [4.78, 5) is 11.7. The van der Waals surface area contributed by atoms with Crippen molar-refractivity contribution in [3.8, 4) is 6.07 Å². The van der Waals surface area contributed by atoms with Gasteiger partial charge < -0.3 is 5.11 Å². The van der Waals surface area contributed by atoms with Crippen LogP contribution in [0.5, 0.6) is 0 Å². The lowest BCUT2D eigenvalue weighted by molar-refractivity contribution is 0.147. The first kappa shape index (κ1) is 13.2. The molecule has 4 nitrogen and oxygen atoms in total. The van der Waals surface area contributed by atoms with Crippen molar-refractivity contribution in [2.75, 3.05) is 6.54 Å². The highest BCUT2D eigenvalue weighted by Crippen LogP contribution is 2.35. The van der Waals surface area contributed by atoms with E-state index in [2.05, 4.69) is 0 Å². The van der Waals surface area contributed by atoms with E-state index in [1.807, 2.05) is 0 Å². The third kappa shape index (κ3) is 2.21. The fourth-order valence-electron chi connectivity index (χ4n) is 2.30. The van der Waals surface area contributed by atoms with Gasteiger partial charge in [-0.3, -0.25) is 4.90 Å². The van der Waals surface area contributed by atoms with Gasteiger partial charge in [-0.2, -0.15) is 5.26 Å². The summed E-state index contributed by atoms with van der Waals surface area (Å²) in [6.45, 7) is -0.231. The van der Waals surface area contributed by atoms with Crippen LogP contribution in [0.2, 0.25) is 0 Å². The minimum atomic E-state index is -1.34. The van der Waals surface area contributed by atoms with Crippen LogP contribution in [0.25, 0.3) is 0 Å². The van der Waals surface area contributed by atoms with E-state index in [1.54, 1.807) is 6.07 Å².